The Hall–Kier alpha value is -4.65. The first-order valence-corrected chi connectivity index (χ1v) is 15.5. The summed E-state index contributed by atoms with van der Waals surface area (Å²) in [5.74, 6) is 0.966. The van der Waals surface area contributed by atoms with Crippen molar-refractivity contribution in [3.8, 4) is 17.2 Å². The molecule has 0 saturated heterocycles. The smallest absolute Gasteiger partial charge is 0.326 e. The number of carboxylic acids is 1. The van der Waals surface area contributed by atoms with Crippen LogP contribution in [0.2, 0.25) is 0 Å². The molecule has 44 heavy (non-hydrogen) atoms. The highest BCUT2D eigenvalue weighted by molar-refractivity contribution is 6.04. The fraction of sp³-hybridized carbons (Fsp3) is 0.324. The maximum absolute atomic E-state index is 12.9. The Kier molecular flexibility index (Phi) is 12.4. The van der Waals surface area contributed by atoms with Crippen LogP contribution in [0.5, 0.6) is 5.75 Å². The summed E-state index contributed by atoms with van der Waals surface area (Å²) < 4.78 is 11.8. The minimum Gasteiger partial charge on any atom is -0.493 e. The number of nitrogens with one attached hydrogen (secondary N) is 1. The Morgan fingerprint density at radius 1 is 0.932 bits per heavy atom. The summed E-state index contributed by atoms with van der Waals surface area (Å²) in [6, 6.07) is 25.4. The average molecular weight is 595 g/mol. The molecule has 1 atom stereocenters. The van der Waals surface area contributed by atoms with Gasteiger partial charge in [-0.25, -0.2) is 9.78 Å². The number of allylic oxidation sites excluding steroid dienone is 2. The van der Waals surface area contributed by atoms with Gasteiger partial charge in [0.25, 0.3) is 0 Å². The van der Waals surface area contributed by atoms with E-state index in [-0.39, 0.29) is 12.2 Å². The summed E-state index contributed by atoms with van der Waals surface area (Å²) in [7, 11) is 0. The molecule has 0 radical (unpaired) electrons. The van der Waals surface area contributed by atoms with Crippen molar-refractivity contribution in [1.82, 2.24) is 10.3 Å². The molecule has 0 bridgehead atoms. The lowest BCUT2D eigenvalue weighted by molar-refractivity contribution is -0.139. The Labute approximate surface area is 260 Å². The molecule has 1 unspecified atom stereocenters. The number of ether oxygens (including phenoxy) is 1. The first kappa shape index (κ1) is 32.3. The van der Waals surface area contributed by atoms with Crippen molar-refractivity contribution in [3.63, 3.8) is 0 Å². The van der Waals surface area contributed by atoms with Gasteiger partial charge in [0.2, 0.25) is 5.89 Å². The molecular formula is C37H42N2O5. The van der Waals surface area contributed by atoms with Gasteiger partial charge in [0.1, 0.15) is 17.6 Å². The molecule has 1 heterocycles. The van der Waals surface area contributed by atoms with Gasteiger partial charge >= 0.3 is 5.97 Å². The number of benzene rings is 3. The van der Waals surface area contributed by atoms with E-state index in [4.69, 9.17) is 9.15 Å². The van der Waals surface area contributed by atoms with E-state index < -0.39 is 12.0 Å². The van der Waals surface area contributed by atoms with Crippen molar-refractivity contribution in [2.24, 2.45) is 0 Å². The van der Waals surface area contributed by atoms with Crippen molar-refractivity contribution in [2.45, 2.75) is 71.3 Å². The van der Waals surface area contributed by atoms with Crippen LogP contribution in [0.4, 0.5) is 0 Å². The van der Waals surface area contributed by atoms with Crippen molar-refractivity contribution in [2.75, 3.05) is 6.61 Å². The number of rotatable bonds is 18. The normalized spacial score (nSPS) is 12.1. The summed E-state index contributed by atoms with van der Waals surface area (Å²) >= 11 is 0. The molecule has 4 aromatic rings. The summed E-state index contributed by atoms with van der Waals surface area (Å²) in [4.78, 5) is 29.8. The third-order valence-electron chi connectivity index (χ3n) is 7.46. The summed E-state index contributed by atoms with van der Waals surface area (Å²) in [6.45, 7) is 4.51. The molecular weight excluding hydrogens is 552 g/mol. The monoisotopic (exact) mass is 594 g/mol. The number of oxazole rings is 1. The number of hydrogen-bond acceptors (Lipinski definition) is 6. The summed E-state index contributed by atoms with van der Waals surface area (Å²) in [6.07, 6.45) is 8.42. The SMILES string of the molecule is CCCCCCC/C(=C/C(=O)c1ccccc1)NC(Cc1ccc(OCCc2nc(-c3ccccc3)oc2C)cc1)C(=O)O. The zero-order chi connectivity index (χ0) is 31.1. The number of aliphatic carboxylic acids is 1. The fourth-order valence-electron chi connectivity index (χ4n) is 4.96. The Bertz CT molecular complexity index is 1490. The number of hydrogen-bond donors (Lipinski definition) is 2. The standard InChI is InChI=1S/C37H42N2O5/c1-3-4-5-6-13-18-31(26-35(40)29-14-9-7-10-15-29)38-34(37(41)42)25-28-19-21-32(22-20-28)43-24-23-33-27(2)44-36(39-33)30-16-11-8-12-17-30/h7-12,14-17,19-22,26,34,38H,3-6,13,18,23-25H2,1-2H3,(H,41,42)/b31-26-. The summed E-state index contributed by atoms with van der Waals surface area (Å²) in [5, 5.41) is 13.2. The van der Waals surface area contributed by atoms with Crippen LogP contribution in [0, 0.1) is 6.92 Å². The molecule has 0 fully saturated rings. The third-order valence-corrected chi connectivity index (χ3v) is 7.46. The predicted molar refractivity (Wildman–Crippen MR) is 173 cm³/mol. The number of aryl methyl sites for hydroxylation is 1. The zero-order valence-corrected chi connectivity index (χ0v) is 25.6. The Balaban J connectivity index is 1.34. The fourth-order valence-corrected chi connectivity index (χ4v) is 4.96. The van der Waals surface area contributed by atoms with Gasteiger partial charge in [-0.05, 0) is 49.6 Å². The van der Waals surface area contributed by atoms with Crippen LogP contribution in [0.25, 0.3) is 11.5 Å². The second-order valence-corrected chi connectivity index (χ2v) is 10.9. The van der Waals surface area contributed by atoms with E-state index in [1.54, 1.807) is 18.2 Å². The largest absolute Gasteiger partial charge is 0.493 e. The lowest BCUT2D eigenvalue weighted by atomic mass is 10.0. The topological polar surface area (TPSA) is 102 Å². The molecule has 7 nitrogen and oxygen atoms in total. The van der Waals surface area contributed by atoms with Gasteiger partial charge in [-0.15, -0.1) is 0 Å². The number of unbranched alkanes of at least 4 members (excludes halogenated alkanes) is 4. The third kappa shape index (κ3) is 9.97. The van der Waals surface area contributed by atoms with E-state index in [2.05, 4.69) is 17.2 Å². The van der Waals surface area contributed by atoms with Gasteiger partial charge in [0, 0.05) is 35.7 Å². The first-order valence-electron chi connectivity index (χ1n) is 15.5. The van der Waals surface area contributed by atoms with Crippen molar-refractivity contribution < 1.29 is 23.8 Å². The molecule has 3 aromatic carbocycles. The molecule has 4 rings (SSSR count). The van der Waals surface area contributed by atoms with Gasteiger partial charge in [-0.2, -0.15) is 0 Å². The molecule has 0 aliphatic rings. The van der Waals surface area contributed by atoms with Gasteiger partial charge < -0.3 is 19.6 Å². The van der Waals surface area contributed by atoms with Crippen molar-refractivity contribution in [3.05, 3.63) is 119 Å². The Morgan fingerprint density at radius 3 is 2.30 bits per heavy atom. The van der Waals surface area contributed by atoms with Crippen LogP contribution in [0.3, 0.4) is 0 Å². The zero-order valence-electron chi connectivity index (χ0n) is 25.6. The van der Waals surface area contributed by atoms with Gasteiger partial charge in [-0.3, -0.25) is 4.79 Å². The second-order valence-electron chi connectivity index (χ2n) is 10.9. The van der Waals surface area contributed by atoms with Crippen LogP contribution in [0.15, 0.2) is 101 Å². The maximum Gasteiger partial charge on any atom is 0.326 e. The molecule has 7 heteroatoms. The summed E-state index contributed by atoms with van der Waals surface area (Å²) in [5.41, 5.74) is 3.88. The molecule has 0 aliphatic heterocycles. The molecule has 1 aromatic heterocycles. The van der Waals surface area contributed by atoms with E-state index in [9.17, 15) is 14.7 Å². The molecule has 2 N–H and O–H groups in total. The second kappa shape index (κ2) is 16.8. The number of nitrogens with zero attached hydrogens (tertiary/aromatic N) is 1. The predicted octanol–water partition coefficient (Wildman–Crippen LogP) is 7.98. The van der Waals surface area contributed by atoms with E-state index in [1.807, 2.05) is 79.7 Å². The minimum absolute atomic E-state index is 0.135. The number of ketones is 1. The van der Waals surface area contributed by atoms with Gasteiger partial charge in [0.15, 0.2) is 5.78 Å². The lowest BCUT2D eigenvalue weighted by Crippen LogP contribution is -2.38. The van der Waals surface area contributed by atoms with Crippen LogP contribution >= 0.6 is 0 Å². The Morgan fingerprint density at radius 2 is 1.61 bits per heavy atom. The minimum atomic E-state index is -0.966. The van der Waals surface area contributed by atoms with Crippen molar-refractivity contribution >= 4 is 11.8 Å². The average Bonchev–Trinajstić information content (AvgIpc) is 3.42. The molecule has 0 saturated carbocycles. The molecule has 0 spiro atoms. The molecule has 230 valence electrons. The first-order chi connectivity index (χ1) is 21.4. The molecule has 0 amide bonds. The van der Waals surface area contributed by atoms with Crippen LogP contribution in [-0.2, 0) is 17.6 Å². The highest BCUT2D eigenvalue weighted by Crippen LogP contribution is 2.22. The van der Waals surface area contributed by atoms with E-state index in [0.29, 0.717) is 42.3 Å². The quantitative estimate of drug-likeness (QED) is 0.0684. The van der Waals surface area contributed by atoms with Crippen LogP contribution < -0.4 is 10.1 Å². The van der Waals surface area contributed by atoms with Crippen molar-refractivity contribution in [1.29, 1.82) is 0 Å². The van der Waals surface area contributed by atoms with E-state index >= 15 is 0 Å². The van der Waals surface area contributed by atoms with Gasteiger partial charge in [-0.1, -0.05) is 93.3 Å². The number of carbonyl (C=O) groups is 2. The van der Waals surface area contributed by atoms with Crippen LogP contribution in [0.1, 0.15) is 72.8 Å². The highest BCUT2D eigenvalue weighted by Gasteiger charge is 2.20. The maximum atomic E-state index is 12.9. The number of carbonyl (C=O) groups excluding carboxylic acids is 1. The highest BCUT2D eigenvalue weighted by atomic mass is 16.5. The lowest BCUT2D eigenvalue weighted by Gasteiger charge is -2.19. The van der Waals surface area contributed by atoms with E-state index in [1.165, 1.54) is 6.42 Å². The van der Waals surface area contributed by atoms with E-state index in [0.717, 1.165) is 48.3 Å². The molecule has 0 aliphatic carbocycles. The number of carboxylic acid groups (broad SMARTS) is 1. The van der Waals surface area contributed by atoms with Gasteiger partial charge in [0.05, 0.1) is 12.3 Å². The number of aromatic nitrogens is 1. The van der Waals surface area contributed by atoms with Crippen LogP contribution in [-0.4, -0.2) is 34.5 Å².